The first-order chi connectivity index (χ1) is 12.0. The smallest absolute Gasteiger partial charge is 0.338 e. The number of carbonyl (C=O) groups excluding carboxylic acids is 1. The van der Waals surface area contributed by atoms with E-state index in [9.17, 15) is 9.59 Å². The zero-order chi connectivity index (χ0) is 18.0. The molecular weight excluding hydrogens is 384 g/mol. The summed E-state index contributed by atoms with van der Waals surface area (Å²) in [5.74, 6) is -0.425. The molecule has 1 heterocycles. The van der Waals surface area contributed by atoms with Crippen LogP contribution in [0, 0.1) is 6.92 Å². The Balaban J connectivity index is 1.89. The Morgan fingerprint density at radius 1 is 1.24 bits per heavy atom. The summed E-state index contributed by atoms with van der Waals surface area (Å²) < 4.78 is 7.93. The number of nitrogens with zero attached hydrogens (tertiary/aromatic N) is 2. The van der Waals surface area contributed by atoms with Crippen molar-refractivity contribution in [3.05, 3.63) is 74.1 Å². The molecule has 0 aliphatic rings. The average Bonchev–Trinajstić information content (AvgIpc) is 2.61. The van der Waals surface area contributed by atoms with Crippen molar-refractivity contribution < 1.29 is 9.53 Å². The molecule has 5 nitrogen and oxygen atoms in total. The van der Waals surface area contributed by atoms with Crippen LogP contribution >= 0.6 is 15.9 Å². The third-order valence-corrected chi connectivity index (χ3v) is 4.75. The first-order valence-electron chi connectivity index (χ1n) is 7.93. The summed E-state index contributed by atoms with van der Waals surface area (Å²) in [7, 11) is 0. The molecule has 25 heavy (non-hydrogen) atoms. The molecule has 3 aromatic rings. The molecule has 0 atom stereocenters. The summed E-state index contributed by atoms with van der Waals surface area (Å²) in [6.07, 6.45) is 0. The minimum Gasteiger partial charge on any atom is -0.457 e. The number of halogens is 1. The predicted molar refractivity (Wildman–Crippen MR) is 99.7 cm³/mol. The molecule has 0 saturated heterocycles. The summed E-state index contributed by atoms with van der Waals surface area (Å²) >= 11 is 3.43. The number of hydrogen-bond donors (Lipinski definition) is 0. The Morgan fingerprint density at radius 2 is 2.00 bits per heavy atom. The lowest BCUT2D eigenvalue weighted by atomic mass is 10.2. The minimum absolute atomic E-state index is 0.112. The fraction of sp³-hybridized carbons (Fsp3) is 0.211. The van der Waals surface area contributed by atoms with Gasteiger partial charge in [-0.05, 0) is 38.1 Å². The lowest BCUT2D eigenvalue weighted by Gasteiger charge is -2.10. The number of ether oxygens (including phenoxy) is 1. The number of hydrogen-bond acceptors (Lipinski definition) is 4. The van der Waals surface area contributed by atoms with Gasteiger partial charge in [-0.3, -0.25) is 4.79 Å². The second kappa shape index (κ2) is 7.19. The highest BCUT2D eigenvalue weighted by atomic mass is 79.9. The predicted octanol–water partition coefficient (Wildman–Crippen LogP) is 3.84. The number of aryl methyl sites for hydroxylation is 2. The van der Waals surface area contributed by atoms with Crippen LogP contribution in [0.3, 0.4) is 0 Å². The topological polar surface area (TPSA) is 61.2 Å². The van der Waals surface area contributed by atoms with Crippen molar-refractivity contribution in [1.82, 2.24) is 9.55 Å². The van der Waals surface area contributed by atoms with Gasteiger partial charge in [0.25, 0.3) is 5.56 Å². The minimum atomic E-state index is -0.425. The SMILES string of the molecule is CCn1c(=O)c(C)nc2cc(C(=O)OCc3ccccc3Br)ccc21. The Hall–Kier alpha value is -2.47. The quantitative estimate of drug-likeness (QED) is 0.624. The third kappa shape index (κ3) is 3.49. The van der Waals surface area contributed by atoms with E-state index >= 15 is 0 Å². The fourth-order valence-corrected chi connectivity index (χ4v) is 3.06. The maximum absolute atomic E-state index is 12.3. The van der Waals surface area contributed by atoms with Gasteiger partial charge >= 0.3 is 5.97 Å². The van der Waals surface area contributed by atoms with Gasteiger partial charge < -0.3 is 9.30 Å². The van der Waals surface area contributed by atoms with Crippen LogP contribution < -0.4 is 5.56 Å². The van der Waals surface area contributed by atoms with Gasteiger partial charge in [0.05, 0.1) is 16.6 Å². The highest BCUT2D eigenvalue weighted by molar-refractivity contribution is 9.10. The van der Waals surface area contributed by atoms with Crippen LogP contribution in [0.15, 0.2) is 51.7 Å². The van der Waals surface area contributed by atoms with Crippen LogP contribution in [0.5, 0.6) is 0 Å². The molecule has 0 spiro atoms. The molecule has 1 aromatic heterocycles. The standard InChI is InChI=1S/C19H17BrN2O3/c1-3-22-17-9-8-13(10-16(17)21-12(2)18(22)23)19(24)25-11-14-6-4-5-7-15(14)20/h4-10H,3,11H2,1-2H3. The van der Waals surface area contributed by atoms with E-state index in [4.69, 9.17) is 4.74 Å². The average molecular weight is 401 g/mol. The van der Waals surface area contributed by atoms with Gasteiger partial charge in [-0.1, -0.05) is 34.1 Å². The molecule has 0 N–H and O–H groups in total. The monoisotopic (exact) mass is 400 g/mol. The Kier molecular flexibility index (Phi) is 4.99. The first-order valence-corrected chi connectivity index (χ1v) is 8.72. The van der Waals surface area contributed by atoms with Crippen LogP contribution in [0.4, 0.5) is 0 Å². The fourth-order valence-electron chi connectivity index (χ4n) is 2.66. The summed E-state index contributed by atoms with van der Waals surface area (Å²) in [6.45, 7) is 4.30. The number of aromatic nitrogens is 2. The van der Waals surface area contributed by atoms with Crippen molar-refractivity contribution in [1.29, 1.82) is 0 Å². The van der Waals surface area contributed by atoms with Gasteiger partial charge in [0.2, 0.25) is 0 Å². The number of esters is 1. The third-order valence-electron chi connectivity index (χ3n) is 3.98. The van der Waals surface area contributed by atoms with Gasteiger partial charge in [0.15, 0.2) is 0 Å². The normalized spacial score (nSPS) is 10.8. The summed E-state index contributed by atoms with van der Waals surface area (Å²) in [5, 5.41) is 0. The molecule has 128 valence electrons. The lowest BCUT2D eigenvalue weighted by molar-refractivity contribution is 0.0472. The highest BCUT2D eigenvalue weighted by Crippen LogP contribution is 2.18. The van der Waals surface area contributed by atoms with E-state index in [0.717, 1.165) is 10.0 Å². The van der Waals surface area contributed by atoms with Crippen molar-refractivity contribution in [2.75, 3.05) is 0 Å². The van der Waals surface area contributed by atoms with Crippen molar-refractivity contribution in [3.63, 3.8) is 0 Å². The van der Waals surface area contributed by atoms with E-state index in [0.29, 0.717) is 28.8 Å². The Bertz CT molecular complexity index is 1010. The lowest BCUT2D eigenvalue weighted by Crippen LogP contribution is -2.23. The Labute approximate surface area is 153 Å². The van der Waals surface area contributed by atoms with Crippen molar-refractivity contribution >= 4 is 32.9 Å². The molecule has 0 aliphatic carbocycles. The van der Waals surface area contributed by atoms with Gasteiger partial charge in [0.1, 0.15) is 12.3 Å². The first kappa shape index (κ1) is 17.4. The molecular formula is C19H17BrN2O3. The van der Waals surface area contributed by atoms with Gasteiger partial charge in [0, 0.05) is 16.6 Å². The second-order valence-corrected chi connectivity index (χ2v) is 6.47. The van der Waals surface area contributed by atoms with Gasteiger partial charge in [-0.25, -0.2) is 9.78 Å². The van der Waals surface area contributed by atoms with E-state index in [1.165, 1.54) is 0 Å². The molecule has 2 aromatic carbocycles. The Morgan fingerprint density at radius 3 is 2.72 bits per heavy atom. The van der Waals surface area contributed by atoms with Gasteiger partial charge in [-0.2, -0.15) is 0 Å². The summed E-state index contributed by atoms with van der Waals surface area (Å²) in [5.41, 5.74) is 2.92. The molecule has 3 rings (SSSR count). The maximum atomic E-state index is 12.3. The largest absolute Gasteiger partial charge is 0.457 e. The molecule has 0 bridgehead atoms. The van der Waals surface area contributed by atoms with E-state index < -0.39 is 5.97 Å². The van der Waals surface area contributed by atoms with E-state index in [1.54, 1.807) is 29.7 Å². The van der Waals surface area contributed by atoms with E-state index in [-0.39, 0.29) is 12.2 Å². The molecule has 0 saturated carbocycles. The van der Waals surface area contributed by atoms with Gasteiger partial charge in [-0.15, -0.1) is 0 Å². The molecule has 0 unspecified atom stereocenters. The van der Waals surface area contributed by atoms with Crippen LogP contribution in [0.1, 0.15) is 28.5 Å². The molecule has 0 amide bonds. The van der Waals surface area contributed by atoms with Crippen LogP contribution in [0.2, 0.25) is 0 Å². The van der Waals surface area contributed by atoms with E-state index in [1.807, 2.05) is 31.2 Å². The molecule has 0 aliphatic heterocycles. The summed E-state index contributed by atoms with van der Waals surface area (Å²) in [4.78, 5) is 28.8. The van der Waals surface area contributed by atoms with Crippen molar-refractivity contribution in [2.24, 2.45) is 0 Å². The number of benzene rings is 2. The maximum Gasteiger partial charge on any atom is 0.338 e. The zero-order valence-electron chi connectivity index (χ0n) is 14.0. The van der Waals surface area contributed by atoms with Crippen molar-refractivity contribution in [2.45, 2.75) is 27.0 Å². The summed E-state index contributed by atoms with van der Waals surface area (Å²) in [6, 6.07) is 12.6. The number of fused-ring (bicyclic) bond motifs is 1. The zero-order valence-corrected chi connectivity index (χ0v) is 15.5. The molecule has 6 heteroatoms. The van der Waals surface area contributed by atoms with Crippen LogP contribution in [0.25, 0.3) is 11.0 Å². The van der Waals surface area contributed by atoms with Crippen LogP contribution in [-0.2, 0) is 17.9 Å². The van der Waals surface area contributed by atoms with Crippen LogP contribution in [-0.4, -0.2) is 15.5 Å². The van der Waals surface area contributed by atoms with E-state index in [2.05, 4.69) is 20.9 Å². The highest BCUT2D eigenvalue weighted by Gasteiger charge is 2.12. The molecule has 0 fully saturated rings. The number of carbonyl (C=O) groups is 1. The van der Waals surface area contributed by atoms with Crippen molar-refractivity contribution in [3.8, 4) is 0 Å². The second-order valence-electron chi connectivity index (χ2n) is 5.62. The number of rotatable bonds is 4. The molecule has 0 radical (unpaired) electrons.